The van der Waals surface area contributed by atoms with E-state index in [-0.39, 0.29) is 6.04 Å². The first-order valence-electron chi connectivity index (χ1n) is 5.60. The summed E-state index contributed by atoms with van der Waals surface area (Å²) in [5.41, 5.74) is 4.88. The van der Waals surface area contributed by atoms with Crippen LogP contribution in [-0.4, -0.2) is 7.11 Å². The molecule has 3 N–H and O–H groups in total. The Morgan fingerprint density at radius 3 is 2.39 bits per heavy atom. The first-order chi connectivity index (χ1) is 8.74. The van der Waals surface area contributed by atoms with E-state index in [0.717, 1.165) is 16.9 Å². The molecule has 0 radical (unpaired) electrons. The molecule has 0 aliphatic heterocycles. The van der Waals surface area contributed by atoms with Crippen molar-refractivity contribution < 1.29 is 4.74 Å². The van der Waals surface area contributed by atoms with E-state index in [1.165, 1.54) is 0 Å². The smallest absolute Gasteiger partial charge is 0.118 e. The summed E-state index contributed by atoms with van der Waals surface area (Å²) in [6.45, 7) is 0. The van der Waals surface area contributed by atoms with Gasteiger partial charge in [-0.05, 0) is 35.4 Å². The van der Waals surface area contributed by atoms with Gasteiger partial charge in [0.2, 0.25) is 0 Å². The van der Waals surface area contributed by atoms with Crippen molar-refractivity contribution in [2.24, 2.45) is 5.84 Å². The average Bonchev–Trinajstić information content (AvgIpc) is 2.40. The molecule has 0 aliphatic carbocycles. The number of halogens is 1. The zero-order chi connectivity index (χ0) is 13.0. The van der Waals surface area contributed by atoms with Crippen molar-refractivity contribution in [3.05, 3.63) is 64.7 Å². The third kappa shape index (κ3) is 2.82. The van der Waals surface area contributed by atoms with Crippen LogP contribution >= 0.6 is 11.6 Å². The SMILES string of the molecule is COc1ccc(C(NN)c2cccc(Cl)c2)cc1. The molecule has 3 nitrogen and oxygen atoms in total. The highest BCUT2D eigenvalue weighted by Crippen LogP contribution is 2.25. The number of nitrogens with one attached hydrogen (secondary N) is 1. The van der Waals surface area contributed by atoms with E-state index >= 15 is 0 Å². The van der Waals surface area contributed by atoms with Crippen LogP contribution in [0.5, 0.6) is 5.75 Å². The van der Waals surface area contributed by atoms with Gasteiger partial charge in [-0.3, -0.25) is 5.84 Å². The molecule has 0 saturated heterocycles. The van der Waals surface area contributed by atoms with Crippen LogP contribution in [0.25, 0.3) is 0 Å². The molecule has 0 saturated carbocycles. The zero-order valence-electron chi connectivity index (χ0n) is 10.1. The lowest BCUT2D eigenvalue weighted by molar-refractivity contribution is 0.414. The number of nitrogens with two attached hydrogens (primary N) is 1. The molecule has 0 aromatic heterocycles. The first kappa shape index (κ1) is 12.9. The van der Waals surface area contributed by atoms with Crippen LogP contribution in [0, 0.1) is 0 Å². The highest BCUT2D eigenvalue weighted by atomic mass is 35.5. The molecule has 4 heteroatoms. The van der Waals surface area contributed by atoms with Crippen LogP contribution in [0.2, 0.25) is 5.02 Å². The molecule has 0 heterocycles. The van der Waals surface area contributed by atoms with E-state index in [0.29, 0.717) is 5.02 Å². The quantitative estimate of drug-likeness (QED) is 0.658. The standard InChI is InChI=1S/C14H15ClN2O/c1-18-13-7-5-10(6-8-13)14(17-16)11-3-2-4-12(15)9-11/h2-9,14,17H,16H2,1H3. The Labute approximate surface area is 111 Å². The molecule has 18 heavy (non-hydrogen) atoms. The van der Waals surface area contributed by atoms with Crippen LogP contribution in [0.3, 0.4) is 0 Å². The van der Waals surface area contributed by atoms with Crippen molar-refractivity contribution in [2.75, 3.05) is 7.11 Å². The second-order valence-corrected chi connectivity index (χ2v) is 4.36. The Kier molecular flexibility index (Phi) is 4.20. The van der Waals surface area contributed by atoms with Crippen LogP contribution in [0.15, 0.2) is 48.5 Å². The summed E-state index contributed by atoms with van der Waals surface area (Å²) in [6, 6.07) is 15.3. The Balaban J connectivity index is 2.32. The fraction of sp³-hybridized carbons (Fsp3) is 0.143. The molecular weight excluding hydrogens is 248 g/mol. The van der Waals surface area contributed by atoms with Crippen LogP contribution in [0.1, 0.15) is 17.2 Å². The summed E-state index contributed by atoms with van der Waals surface area (Å²) in [5.74, 6) is 6.45. The van der Waals surface area contributed by atoms with E-state index in [1.807, 2.05) is 48.5 Å². The molecule has 0 bridgehead atoms. The van der Waals surface area contributed by atoms with E-state index < -0.39 is 0 Å². The molecule has 0 spiro atoms. The van der Waals surface area contributed by atoms with Crippen molar-refractivity contribution in [3.63, 3.8) is 0 Å². The molecule has 1 atom stereocenters. The topological polar surface area (TPSA) is 47.3 Å². The van der Waals surface area contributed by atoms with E-state index in [9.17, 15) is 0 Å². The molecule has 0 fully saturated rings. The number of ether oxygens (including phenoxy) is 1. The molecule has 2 rings (SSSR count). The number of hydrazine groups is 1. The first-order valence-corrected chi connectivity index (χ1v) is 5.98. The maximum atomic E-state index is 5.99. The third-order valence-corrected chi connectivity index (χ3v) is 3.03. The molecule has 0 aliphatic rings. The number of hydrogen-bond acceptors (Lipinski definition) is 3. The Hall–Kier alpha value is -1.55. The maximum absolute atomic E-state index is 5.99. The van der Waals surface area contributed by atoms with Gasteiger partial charge in [-0.2, -0.15) is 0 Å². The van der Waals surface area contributed by atoms with Crippen molar-refractivity contribution in [1.29, 1.82) is 0 Å². The van der Waals surface area contributed by atoms with E-state index in [1.54, 1.807) is 7.11 Å². The number of hydrogen-bond donors (Lipinski definition) is 2. The summed E-state index contributed by atoms with van der Waals surface area (Å²) < 4.78 is 5.13. The lowest BCUT2D eigenvalue weighted by Crippen LogP contribution is -2.28. The van der Waals surface area contributed by atoms with Gasteiger partial charge in [0.25, 0.3) is 0 Å². The zero-order valence-corrected chi connectivity index (χ0v) is 10.8. The Bertz CT molecular complexity index is 513. The lowest BCUT2D eigenvalue weighted by atomic mass is 9.99. The fourth-order valence-electron chi connectivity index (χ4n) is 1.87. The summed E-state index contributed by atoms with van der Waals surface area (Å²) in [6.07, 6.45) is 0. The van der Waals surface area contributed by atoms with Crippen molar-refractivity contribution in [1.82, 2.24) is 5.43 Å². The summed E-state index contributed by atoms with van der Waals surface area (Å²) in [7, 11) is 1.64. The van der Waals surface area contributed by atoms with Crippen molar-refractivity contribution in [2.45, 2.75) is 6.04 Å². The monoisotopic (exact) mass is 262 g/mol. The normalized spacial score (nSPS) is 12.2. The molecular formula is C14H15ClN2O. The number of methoxy groups -OCH3 is 1. The van der Waals surface area contributed by atoms with Crippen LogP contribution in [-0.2, 0) is 0 Å². The Morgan fingerprint density at radius 1 is 1.11 bits per heavy atom. The fourth-order valence-corrected chi connectivity index (χ4v) is 2.07. The summed E-state index contributed by atoms with van der Waals surface area (Å²) in [4.78, 5) is 0. The Morgan fingerprint density at radius 2 is 1.83 bits per heavy atom. The van der Waals surface area contributed by atoms with E-state index in [4.69, 9.17) is 22.2 Å². The van der Waals surface area contributed by atoms with Gasteiger partial charge in [-0.25, -0.2) is 5.43 Å². The minimum atomic E-state index is -0.0883. The molecule has 2 aromatic rings. The van der Waals surface area contributed by atoms with Gasteiger partial charge in [0.05, 0.1) is 13.2 Å². The van der Waals surface area contributed by atoms with Crippen LogP contribution in [0.4, 0.5) is 0 Å². The minimum absolute atomic E-state index is 0.0883. The largest absolute Gasteiger partial charge is 0.497 e. The van der Waals surface area contributed by atoms with Gasteiger partial charge >= 0.3 is 0 Å². The van der Waals surface area contributed by atoms with Crippen molar-refractivity contribution in [3.8, 4) is 5.75 Å². The average molecular weight is 263 g/mol. The predicted octanol–water partition coefficient (Wildman–Crippen LogP) is 2.90. The maximum Gasteiger partial charge on any atom is 0.118 e. The second kappa shape index (κ2) is 5.87. The van der Waals surface area contributed by atoms with Gasteiger partial charge < -0.3 is 4.74 Å². The number of rotatable bonds is 4. The molecule has 2 aromatic carbocycles. The summed E-state index contributed by atoms with van der Waals surface area (Å²) >= 11 is 5.99. The lowest BCUT2D eigenvalue weighted by Gasteiger charge is -2.17. The summed E-state index contributed by atoms with van der Waals surface area (Å²) in [5, 5.41) is 0.696. The third-order valence-electron chi connectivity index (χ3n) is 2.80. The van der Waals surface area contributed by atoms with Gasteiger partial charge in [-0.15, -0.1) is 0 Å². The molecule has 0 amide bonds. The molecule has 94 valence electrons. The highest BCUT2D eigenvalue weighted by molar-refractivity contribution is 6.30. The minimum Gasteiger partial charge on any atom is -0.497 e. The second-order valence-electron chi connectivity index (χ2n) is 3.93. The van der Waals surface area contributed by atoms with Gasteiger partial charge in [-0.1, -0.05) is 35.9 Å². The van der Waals surface area contributed by atoms with Gasteiger partial charge in [0.1, 0.15) is 5.75 Å². The number of benzene rings is 2. The van der Waals surface area contributed by atoms with Crippen molar-refractivity contribution >= 4 is 11.6 Å². The molecule has 1 unspecified atom stereocenters. The van der Waals surface area contributed by atoms with Gasteiger partial charge in [0.15, 0.2) is 0 Å². The highest BCUT2D eigenvalue weighted by Gasteiger charge is 2.12. The predicted molar refractivity (Wildman–Crippen MR) is 73.6 cm³/mol. The van der Waals surface area contributed by atoms with Crippen LogP contribution < -0.4 is 16.0 Å². The van der Waals surface area contributed by atoms with E-state index in [2.05, 4.69) is 5.43 Å². The van der Waals surface area contributed by atoms with Gasteiger partial charge in [0, 0.05) is 5.02 Å².